The van der Waals surface area contributed by atoms with Gasteiger partial charge in [0.25, 0.3) is 10.0 Å². The molecule has 0 aliphatic rings. The fourth-order valence-corrected chi connectivity index (χ4v) is 3.40. The van der Waals surface area contributed by atoms with Crippen molar-refractivity contribution in [2.75, 3.05) is 11.3 Å². The second-order valence-electron chi connectivity index (χ2n) is 5.20. The highest BCUT2D eigenvalue weighted by atomic mass is 35.5. The Hall–Kier alpha value is -2.25. The van der Waals surface area contributed by atoms with Gasteiger partial charge in [-0.05, 0) is 49.2 Å². The minimum absolute atomic E-state index is 0.0140. The molecule has 0 saturated carbocycles. The van der Waals surface area contributed by atoms with E-state index < -0.39 is 22.6 Å². The fraction of sp³-hybridized carbons (Fsp3) is 0.188. The van der Waals surface area contributed by atoms with Gasteiger partial charge < -0.3 is 9.84 Å². The molecule has 0 aliphatic heterocycles. The molecule has 128 valence electrons. The Bertz CT molecular complexity index is 880. The van der Waals surface area contributed by atoms with Crippen molar-refractivity contribution in [3.05, 3.63) is 52.5 Å². The summed E-state index contributed by atoms with van der Waals surface area (Å²) >= 11 is 5.97. The van der Waals surface area contributed by atoms with Gasteiger partial charge in [0.05, 0.1) is 15.6 Å². The van der Waals surface area contributed by atoms with Gasteiger partial charge in [-0.1, -0.05) is 23.7 Å². The summed E-state index contributed by atoms with van der Waals surface area (Å²) < 4.78 is 32.5. The average molecular weight is 370 g/mol. The topological polar surface area (TPSA) is 92.7 Å². The summed E-state index contributed by atoms with van der Waals surface area (Å²) in [5.74, 6) is -1.05. The van der Waals surface area contributed by atoms with Gasteiger partial charge in [0.1, 0.15) is 5.75 Å². The van der Waals surface area contributed by atoms with Crippen molar-refractivity contribution in [1.82, 2.24) is 0 Å². The number of benzene rings is 2. The summed E-state index contributed by atoms with van der Waals surface area (Å²) in [7, 11) is -3.83. The van der Waals surface area contributed by atoms with Crippen molar-refractivity contribution in [3.8, 4) is 5.75 Å². The van der Waals surface area contributed by atoms with Crippen LogP contribution in [-0.2, 0) is 14.8 Å². The number of halogens is 1. The Kier molecular flexibility index (Phi) is 5.36. The second kappa shape index (κ2) is 7.11. The number of ether oxygens (including phenoxy) is 1. The Morgan fingerprint density at radius 1 is 1.21 bits per heavy atom. The molecule has 24 heavy (non-hydrogen) atoms. The number of sulfonamides is 1. The van der Waals surface area contributed by atoms with Crippen LogP contribution in [0, 0.1) is 13.8 Å². The second-order valence-corrected chi connectivity index (χ2v) is 7.29. The highest BCUT2D eigenvalue weighted by Gasteiger charge is 2.17. The van der Waals surface area contributed by atoms with E-state index >= 15 is 0 Å². The van der Waals surface area contributed by atoms with Crippen LogP contribution in [0.4, 0.5) is 5.69 Å². The van der Waals surface area contributed by atoms with E-state index in [9.17, 15) is 13.2 Å². The monoisotopic (exact) mass is 369 g/mol. The van der Waals surface area contributed by atoms with Crippen LogP contribution in [0.25, 0.3) is 0 Å². The van der Waals surface area contributed by atoms with Crippen LogP contribution in [0.2, 0.25) is 5.02 Å². The van der Waals surface area contributed by atoms with Crippen molar-refractivity contribution < 1.29 is 23.1 Å². The normalized spacial score (nSPS) is 11.1. The molecular weight excluding hydrogens is 354 g/mol. The molecule has 0 atom stereocenters. The molecule has 0 aromatic heterocycles. The van der Waals surface area contributed by atoms with Gasteiger partial charge in [-0.15, -0.1) is 0 Å². The summed E-state index contributed by atoms with van der Waals surface area (Å²) in [6, 6.07) is 9.28. The first kappa shape index (κ1) is 18.1. The molecule has 0 heterocycles. The molecule has 0 fully saturated rings. The van der Waals surface area contributed by atoms with E-state index in [4.69, 9.17) is 21.4 Å². The van der Waals surface area contributed by atoms with Gasteiger partial charge in [-0.3, -0.25) is 4.72 Å². The van der Waals surface area contributed by atoms with Gasteiger partial charge in [0.2, 0.25) is 0 Å². The lowest BCUT2D eigenvalue weighted by molar-refractivity contribution is -0.139. The summed E-state index contributed by atoms with van der Waals surface area (Å²) in [5, 5.41) is 8.60. The van der Waals surface area contributed by atoms with Gasteiger partial charge in [0.15, 0.2) is 6.61 Å². The third-order valence-electron chi connectivity index (χ3n) is 3.20. The first-order chi connectivity index (χ1) is 11.2. The summed E-state index contributed by atoms with van der Waals surface area (Å²) in [6.07, 6.45) is 0. The molecule has 2 rings (SSSR count). The minimum atomic E-state index is -3.83. The molecule has 2 aromatic carbocycles. The summed E-state index contributed by atoms with van der Waals surface area (Å²) in [6.45, 7) is 3.10. The van der Waals surface area contributed by atoms with Gasteiger partial charge in [-0.2, -0.15) is 0 Å². The Balaban J connectivity index is 2.27. The lowest BCUT2D eigenvalue weighted by Gasteiger charge is -2.12. The standard InChI is InChI=1S/C16H16ClNO5S/c1-10-3-4-11(2)14(7-10)18-24(21,22)12-5-6-15(13(17)8-12)23-9-16(19)20/h3-8,18H,9H2,1-2H3,(H,19,20). The molecule has 0 radical (unpaired) electrons. The lowest BCUT2D eigenvalue weighted by Crippen LogP contribution is -2.14. The number of anilines is 1. The van der Waals surface area contributed by atoms with E-state index in [-0.39, 0.29) is 15.7 Å². The number of nitrogens with one attached hydrogen (secondary N) is 1. The third-order valence-corrected chi connectivity index (χ3v) is 4.86. The third kappa shape index (κ3) is 4.39. The number of carboxylic acids is 1. The Labute approximate surface area is 145 Å². The molecule has 6 nitrogen and oxygen atoms in total. The number of aryl methyl sites for hydroxylation is 2. The highest BCUT2D eigenvalue weighted by molar-refractivity contribution is 7.92. The molecule has 2 aromatic rings. The SMILES string of the molecule is Cc1ccc(C)c(NS(=O)(=O)c2ccc(OCC(=O)O)c(Cl)c2)c1. The highest BCUT2D eigenvalue weighted by Crippen LogP contribution is 2.29. The maximum atomic E-state index is 12.5. The molecule has 8 heteroatoms. The van der Waals surface area contributed by atoms with E-state index in [1.165, 1.54) is 18.2 Å². The first-order valence-corrected chi connectivity index (χ1v) is 8.79. The number of hydrogen-bond acceptors (Lipinski definition) is 4. The zero-order chi connectivity index (χ0) is 17.9. The van der Waals surface area contributed by atoms with Crippen LogP contribution in [0.1, 0.15) is 11.1 Å². The first-order valence-electron chi connectivity index (χ1n) is 6.93. The van der Waals surface area contributed by atoms with Gasteiger partial charge in [0, 0.05) is 0 Å². The number of aliphatic carboxylic acids is 1. The van der Waals surface area contributed by atoms with E-state index in [2.05, 4.69) is 4.72 Å². The van der Waals surface area contributed by atoms with Crippen molar-refractivity contribution >= 4 is 33.3 Å². The van der Waals surface area contributed by atoms with Crippen LogP contribution >= 0.6 is 11.6 Å². The van der Waals surface area contributed by atoms with E-state index in [0.717, 1.165) is 11.1 Å². The Morgan fingerprint density at radius 2 is 1.92 bits per heavy atom. The number of carbonyl (C=O) groups is 1. The predicted molar refractivity (Wildman–Crippen MR) is 91.3 cm³/mol. The van der Waals surface area contributed by atoms with Gasteiger partial charge in [-0.25, -0.2) is 13.2 Å². The quantitative estimate of drug-likeness (QED) is 0.815. The zero-order valence-electron chi connectivity index (χ0n) is 13.0. The largest absolute Gasteiger partial charge is 0.480 e. The Morgan fingerprint density at radius 3 is 2.54 bits per heavy atom. The van der Waals surface area contributed by atoms with Crippen LogP contribution in [0.3, 0.4) is 0 Å². The summed E-state index contributed by atoms with van der Waals surface area (Å²) in [5.41, 5.74) is 2.20. The van der Waals surface area contributed by atoms with Crippen molar-refractivity contribution in [2.45, 2.75) is 18.7 Å². The number of rotatable bonds is 6. The number of carboxylic acid groups (broad SMARTS) is 1. The van der Waals surface area contributed by atoms with Crippen LogP contribution < -0.4 is 9.46 Å². The smallest absolute Gasteiger partial charge is 0.341 e. The zero-order valence-corrected chi connectivity index (χ0v) is 14.6. The van der Waals surface area contributed by atoms with Gasteiger partial charge >= 0.3 is 5.97 Å². The lowest BCUT2D eigenvalue weighted by atomic mass is 10.1. The molecule has 0 aliphatic carbocycles. The van der Waals surface area contributed by atoms with Crippen LogP contribution in [-0.4, -0.2) is 26.1 Å². The molecule has 0 unspecified atom stereocenters. The van der Waals surface area contributed by atoms with Crippen molar-refractivity contribution in [1.29, 1.82) is 0 Å². The molecule has 2 N–H and O–H groups in total. The maximum absolute atomic E-state index is 12.5. The molecule has 0 amide bonds. The fourth-order valence-electron chi connectivity index (χ4n) is 1.95. The van der Waals surface area contributed by atoms with E-state index in [1.54, 1.807) is 13.0 Å². The van der Waals surface area contributed by atoms with Crippen molar-refractivity contribution in [2.24, 2.45) is 0 Å². The predicted octanol–water partition coefficient (Wildman–Crippen LogP) is 3.22. The van der Waals surface area contributed by atoms with Crippen LogP contribution in [0.15, 0.2) is 41.3 Å². The summed E-state index contributed by atoms with van der Waals surface area (Å²) in [4.78, 5) is 10.5. The molecule has 0 bridgehead atoms. The molecule has 0 spiro atoms. The molecule has 0 saturated heterocycles. The van der Waals surface area contributed by atoms with E-state index in [0.29, 0.717) is 5.69 Å². The number of hydrogen-bond donors (Lipinski definition) is 2. The minimum Gasteiger partial charge on any atom is -0.480 e. The van der Waals surface area contributed by atoms with Crippen molar-refractivity contribution in [3.63, 3.8) is 0 Å². The van der Waals surface area contributed by atoms with Crippen LogP contribution in [0.5, 0.6) is 5.75 Å². The maximum Gasteiger partial charge on any atom is 0.341 e. The van der Waals surface area contributed by atoms with E-state index in [1.807, 2.05) is 19.1 Å². The molecular formula is C16H16ClNO5S. The average Bonchev–Trinajstić information content (AvgIpc) is 2.49.